The van der Waals surface area contributed by atoms with Gasteiger partial charge in [0.05, 0.1) is 5.25 Å². The smallest absolute Gasteiger partial charge is 0.0543 e. The van der Waals surface area contributed by atoms with Gasteiger partial charge in [-0.25, -0.2) is 0 Å². The number of aryl methyl sites for hydroxylation is 1. The first-order chi connectivity index (χ1) is 7.24. The third-order valence-corrected chi connectivity index (χ3v) is 4.56. The summed E-state index contributed by atoms with van der Waals surface area (Å²) in [7, 11) is 1.20. The van der Waals surface area contributed by atoms with E-state index in [4.69, 9.17) is 0 Å². The van der Waals surface area contributed by atoms with Gasteiger partial charge in [0.15, 0.2) is 0 Å². The van der Waals surface area contributed by atoms with Gasteiger partial charge in [-0.05, 0) is 31.0 Å². The van der Waals surface area contributed by atoms with Crippen molar-refractivity contribution >= 4 is 10.8 Å². The standard InChI is InChI=1S/C12H17NOS/c1-13-12-10-6-4-3-5-9(10)7-8-11(12)15(2)14/h3-6,11-13H,7-8H2,1-2H3. The van der Waals surface area contributed by atoms with E-state index in [1.807, 2.05) is 13.3 Å². The van der Waals surface area contributed by atoms with E-state index in [0.717, 1.165) is 12.8 Å². The summed E-state index contributed by atoms with van der Waals surface area (Å²) in [5.74, 6) is 0. The molecule has 1 aromatic carbocycles. The normalized spacial score (nSPS) is 27.1. The van der Waals surface area contributed by atoms with Crippen LogP contribution in [0.25, 0.3) is 0 Å². The van der Waals surface area contributed by atoms with Crippen molar-refractivity contribution in [2.45, 2.75) is 24.1 Å². The molecule has 3 unspecified atom stereocenters. The Bertz CT molecular complexity index is 378. The zero-order valence-electron chi connectivity index (χ0n) is 9.19. The van der Waals surface area contributed by atoms with Crippen LogP contribution in [-0.2, 0) is 17.2 Å². The average Bonchev–Trinajstić information content (AvgIpc) is 2.27. The van der Waals surface area contributed by atoms with Gasteiger partial charge in [-0.15, -0.1) is 0 Å². The molecule has 0 saturated carbocycles. The first-order valence-electron chi connectivity index (χ1n) is 5.31. The van der Waals surface area contributed by atoms with Gasteiger partial charge in [-0.2, -0.15) is 0 Å². The fourth-order valence-electron chi connectivity index (χ4n) is 2.43. The molecule has 0 amide bonds. The van der Waals surface area contributed by atoms with E-state index in [1.165, 1.54) is 11.1 Å². The fourth-order valence-corrected chi connectivity index (χ4v) is 3.54. The highest BCUT2D eigenvalue weighted by molar-refractivity contribution is 7.84. The lowest BCUT2D eigenvalue weighted by Crippen LogP contribution is -2.36. The molecular weight excluding hydrogens is 206 g/mol. The second-order valence-electron chi connectivity index (χ2n) is 4.04. The van der Waals surface area contributed by atoms with Crippen molar-refractivity contribution in [1.82, 2.24) is 5.32 Å². The second-order valence-corrected chi connectivity index (χ2v) is 5.64. The molecule has 0 saturated heterocycles. The summed E-state index contributed by atoms with van der Waals surface area (Å²) < 4.78 is 11.6. The summed E-state index contributed by atoms with van der Waals surface area (Å²) in [6, 6.07) is 8.71. The summed E-state index contributed by atoms with van der Waals surface area (Å²) in [4.78, 5) is 0. The fraction of sp³-hybridized carbons (Fsp3) is 0.500. The van der Waals surface area contributed by atoms with Crippen molar-refractivity contribution in [3.8, 4) is 0 Å². The van der Waals surface area contributed by atoms with E-state index in [0.29, 0.717) is 0 Å². The minimum Gasteiger partial charge on any atom is -0.312 e. The van der Waals surface area contributed by atoms with Crippen LogP contribution in [0.4, 0.5) is 0 Å². The van der Waals surface area contributed by atoms with E-state index < -0.39 is 10.8 Å². The Morgan fingerprint density at radius 1 is 1.40 bits per heavy atom. The predicted octanol–water partition coefficient (Wildman–Crippen LogP) is 1.64. The molecule has 82 valence electrons. The summed E-state index contributed by atoms with van der Waals surface area (Å²) in [5.41, 5.74) is 2.73. The van der Waals surface area contributed by atoms with Crippen LogP contribution >= 0.6 is 0 Å². The molecule has 2 nitrogen and oxygen atoms in total. The van der Waals surface area contributed by atoms with Crippen molar-refractivity contribution in [2.24, 2.45) is 0 Å². The topological polar surface area (TPSA) is 29.1 Å². The lowest BCUT2D eigenvalue weighted by atomic mass is 9.87. The number of benzene rings is 1. The Kier molecular flexibility index (Phi) is 3.22. The molecule has 2 rings (SSSR count). The Morgan fingerprint density at radius 3 is 2.80 bits per heavy atom. The van der Waals surface area contributed by atoms with Gasteiger partial charge >= 0.3 is 0 Å². The van der Waals surface area contributed by atoms with Crippen LogP contribution in [0.15, 0.2) is 24.3 Å². The molecule has 1 aromatic rings. The molecule has 0 spiro atoms. The van der Waals surface area contributed by atoms with Crippen LogP contribution in [0.3, 0.4) is 0 Å². The van der Waals surface area contributed by atoms with Crippen LogP contribution in [-0.4, -0.2) is 22.8 Å². The maximum absolute atomic E-state index is 11.6. The van der Waals surface area contributed by atoms with Crippen LogP contribution in [0.5, 0.6) is 0 Å². The highest BCUT2D eigenvalue weighted by atomic mass is 32.2. The van der Waals surface area contributed by atoms with E-state index >= 15 is 0 Å². The van der Waals surface area contributed by atoms with Crippen LogP contribution in [0.1, 0.15) is 23.6 Å². The number of fused-ring (bicyclic) bond motifs is 1. The van der Waals surface area contributed by atoms with Gasteiger partial charge in [-0.3, -0.25) is 4.21 Å². The molecule has 0 heterocycles. The zero-order valence-corrected chi connectivity index (χ0v) is 10.0. The number of rotatable bonds is 2. The molecule has 0 bridgehead atoms. The van der Waals surface area contributed by atoms with Crippen molar-refractivity contribution in [2.75, 3.05) is 13.3 Å². The molecule has 3 atom stereocenters. The molecule has 0 radical (unpaired) electrons. The first-order valence-corrected chi connectivity index (χ1v) is 6.93. The molecule has 1 aliphatic rings. The summed E-state index contributed by atoms with van der Waals surface area (Å²) in [6.07, 6.45) is 3.88. The third kappa shape index (κ3) is 1.99. The van der Waals surface area contributed by atoms with Crippen molar-refractivity contribution in [3.05, 3.63) is 35.4 Å². The average molecular weight is 223 g/mol. The third-order valence-electron chi connectivity index (χ3n) is 3.20. The monoisotopic (exact) mass is 223 g/mol. The quantitative estimate of drug-likeness (QED) is 0.826. The van der Waals surface area contributed by atoms with E-state index in [1.54, 1.807) is 0 Å². The molecule has 0 aliphatic heterocycles. The Balaban J connectivity index is 2.38. The van der Waals surface area contributed by atoms with Crippen LogP contribution in [0, 0.1) is 0 Å². The highest BCUT2D eigenvalue weighted by Crippen LogP contribution is 2.32. The maximum Gasteiger partial charge on any atom is 0.0543 e. The van der Waals surface area contributed by atoms with E-state index in [-0.39, 0.29) is 11.3 Å². The van der Waals surface area contributed by atoms with E-state index in [2.05, 4.69) is 29.6 Å². The largest absolute Gasteiger partial charge is 0.312 e. The first kappa shape index (κ1) is 10.8. The summed E-state index contributed by atoms with van der Waals surface area (Å²) in [6.45, 7) is 0. The number of hydrogen-bond acceptors (Lipinski definition) is 2. The van der Waals surface area contributed by atoms with Gasteiger partial charge in [0, 0.05) is 23.1 Å². The Morgan fingerprint density at radius 2 is 2.13 bits per heavy atom. The van der Waals surface area contributed by atoms with Crippen LogP contribution in [0.2, 0.25) is 0 Å². The summed E-state index contributed by atoms with van der Waals surface area (Å²) >= 11 is 0. The molecule has 3 heteroatoms. The lowest BCUT2D eigenvalue weighted by Gasteiger charge is -2.32. The molecule has 15 heavy (non-hydrogen) atoms. The highest BCUT2D eigenvalue weighted by Gasteiger charge is 2.30. The van der Waals surface area contributed by atoms with Crippen molar-refractivity contribution < 1.29 is 4.21 Å². The Hall–Kier alpha value is -0.670. The van der Waals surface area contributed by atoms with Gasteiger partial charge in [0.25, 0.3) is 0 Å². The van der Waals surface area contributed by atoms with Gasteiger partial charge in [0.2, 0.25) is 0 Å². The van der Waals surface area contributed by atoms with Gasteiger partial charge < -0.3 is 5.32 Å². The molecule has 1 aliphatic carbocycles. The molecular formula is C12H17NOS. The van der Waals surface area contributed by atoms with E-state index in [9.17, 15) is 4.21 Å². The maximum atomic E-state index is 11.6. The van der Waals surface area contributed by atoms with Crippen molar-refractivity contribution in [1.29, 1.82) is 0 Å². The molecule has 1 N–H and O–H groups in total. The van der Waals surface area contributed by atoms with Crippen molar-refractivity contribution in [3.63, 3.8) is 0 Å². The summed E-state index contributed by atoms with van der Waals surface area (Å²) in [5, 5.41) is 3.55. The minimum absolute atomic E-state index is 0.251. The minimum atomic E-state index is -0.752. The Labute approximate surface area is 93.5 Å². The number of hydrogen-bond donors (Lipinski definition) is 1. The van der Waals surface area contributed by atoms with Gasteiger partial charge in [0.1, 0.15) is 0 Å². The predicted molar refractivity (Wildman–Crippen MR) is 64.4 cm³/mol. The van der Waals surface area contributed by atoms with Crippen LogP contribution < -0.4 is 5.32 Å². The molecule has 0 fully saturated rings. The van der Waals surface area contributed by atoms with Gasteiger partial charge in [-0.1, -0.05) is 24.3 Å². The zero-order chi connectivity index (χ0) is 10.8. The molecule has 0 aromatic heterocycles. The SMILES string of the molecule is CNC1c2ccccc2CCC1S(C)=O. The second kappa shape index (κ2) is 4.45. The lowest BCUT2D eigenvalue weighted by molar-refractivity contribution is 0.499. The number of nitrogens with one attached hydrogen (secondary N) is 1.